The minimum Gasteiger partial charge on any atom is -0.394 e. The molecule has 0 saturated heterocycles. The van der Waals surface area contributed by atoms with Gasteiger partial charge >= 0.3 is 6.18 Å². The fraction of sp³-hybridized carbons (Fsp3) is 0.455. The molecule has 0 aromatic heterocycles. The molecule has 1 aromatic rings. The maximum atomic E-state index is 12.8. The lowest BCUT2D eigenvalue weighted by Crippen LogP contribution is -2.23. The number of hydrogen-bond acceptors (Lipinski definition) is 5. The van der Waals surface area contributed by atoms with Gasteiger partial charge in [0.25, 0.3) is 0 Å². The second-order valence-corrected chi connectivity index (χ2v) is 6.18. The van der Waals surface area contributed by atoms with E-state index in [1.54, 1.807) is 0 Å². The predicted octanol–water partition coefficient (Wildman–Crippen LogP) is 0.874. The van der Waals surface area contributed by atoms with Gasteiger partial charge in [0.05, 0.1) is 23.2 Å². The van der Waals surface area contributed by atoms with Gasteiger partial charge in [0, 0.05) is 18.5 Å². The third-order valence-electron chi connectivity index (χ3n) is 2.44. The first-order valence-corrected chi connectivity index (χ1v) is 7.39. The molecule has 0 radical (unpaired) electrons. The zero-order valence-electron chi connectivity index (χ0n) is 10.5. The Hall–Kier alpha value is -1.32. The third kappa shape index (κ3) is 4.36. The Morgan fingerprint density at radius 3 is 2.40 bits per heavy atom. The highest BCUT2D eigenvalue weighted by atomic mass is 32.2. The predicted molar refractivity (Wildman–Crippen MR) is 66.1 cm³/mol. The monoisotopic (exact) mass is 313 g/mol. The number of benzene rings is 1. The molecule has 0 spiro atoms. The van der Waals surface area contributed by atoms with Crippen LogP contribution in [-0.4, -0.2) is 44.1 Å². The van der Waals surface area contributed by atoms with Gasteiger partial charge in [0.2, 0.25) is 0 Å². The molecule has 3 N–H and O–H groups in total. The van der Waals surface area contributed by atoms with Crippen LogP contribution in [0.5, 0.6) is 0 Å². The number of nitrogens with one attached hydrogen (secondary N) is 1. The van der Waals surface area contributed by atoms with Crippen LogP contribution in [0.1, 0.15) is 5.56 Å². The standard InChI is InChI=1S/C11H14F3NO4S/c1-20(18,19)10-3-2-7(15-5-8(17)6-16)4-9(10)11(12,13)14/h2-4,8,15-17H,5-6H2,1H3. The van der Waals surface area contributed by atoms with E-state index in [1.807, 2.05) is 0 Å². The highest BCUT2D eigenvalue weighted by Gasteiger charge is 2.36. The second-order valence-electron chi connectivity index (χ2n) is 4.20. The molecule has 0 heterocycles. The molecule has 1 rings (SSSR count). The third-order valence-corrected chi connectivity index (χ3v) is 3.59. The van der Waals surface area contributed by atoms with Crippen molar-refractivity contribution in [2.45, 2.75) is 17.2 Å². The number of rotatable bonds is 5. The summed E-state index contributed by atoms with van der Waals surface area (Å²) in [5, 5.41) is 20.2. The van der Waals surface area contributed by atoms with Crippen molar-refractivity contribution in [2.24, 2.45) is 0 Å². The van der Waals surface area contributed by atoms with Crippen molar-refractivity contribution in [3.63, 3.8) is 0 Å². The molecular formula is C11H14F3NO4S. The summed E-state index contributed by atoms with van der Waals surface area (Å²) in [6.07, 6.45) is -5.25. The van der Waals surface area contributed by atoms with E-state index in [4.69, 9.17) is 10.2 Å². The van der Waals surface area contributed by atoms with E-state index < -0.39 is 39.2 Å². The van der Waals surface area contributed by atoms with Crippen molar-refractivity contribution in [3.8, 4) is 0 Å². The normalized spacial score (nSPS) is 14.1. The van der Waals surface area contributed by atoms with Gasteiger partial charge in [-0.15, -0.1) is 0 Å². The number of anilines is 1. The summed E-state index contributed by atoms with van der Waals surface area (Å²) in [4.78, 5) is -0.807. The Kier molecular flexibility index (Phi) is 5.00. The number of halogens is 3. The highest BCUT2D eigenvalue weighted by molar-refractivity contribution is 7.90. The van der Waals surface area contributed by atoms with Crippen molar-refractivity contribution in [1.82, 2.24) is 0 Å². The molecule has 5 nitrogen and oxygen atoms in total. The Bertz CT molecular complexity index is 572. The number of alkyl halides is 3. The average molecular weight is 313 g/mol. The van der Waals surface area contributed by atoms with Crippen molar-refractivity contribution < 1.29 is 31.8 Å². The van der Waals surface area contributed by atoms with E-state index in [9.17, 15) is 21.6 Å². The zero-order chi connectivity index (χ0) is 15.6. The molecular weight excluding hydrogens is 299 g/mol. The summed E-state index contributed by atoms with van der Waals surface area (Å²) in [7, 11) is -4.01. The summed E-state index contributed by atoms with van der Waals surface area (Å²) in [6, 6.07) is 2.67. The molecule has 0 aliphatic heterocycles. The van der Waals surface area contributed by atoms with E-state index in [-0.39, 0.29) is 12.2 Å². The topological polar surface area (TPSA) is 86.6 Å². The number of aliphatic hydroxyl groups excluding tert-OH is 2. The highest BCUT2D eigenvalue weighted by Crippen LogP contribution is 2.35. The lowest BCUT2D eigenvalue weighted by atomic mass is 10.2. The summed E-state index contributed by atoms with van der Waals surface area (Å²) in [5.41, 5.74) is -1.28. The molecule has 0 aliphatic carbocycles. The Morgan fingerprint density at radius 1 is 1.35 bits per heavy atom. The first kappa shape index (κ1) is 16.7. The molecule has 0 fully saturated rings. The Balaban J connectivity index is 3.16. The first-order valence-electron chi connectivity index (χ1n) is 5.50. The summed E-state index contributed by atoms with van der Waals surface area (Å²) in [5.74, 6) is 0. The van der Waals surface area contributed by atoms with Crippen LogP contribution >= 0.6 is 0 Å². The molecule has 0 aliphatic rings. The molecule has 114 valence electrons. The van der Waals surface area contributed by atoms with Gasteiger partial charge in [-0.2, -0.15) is 13.2 Å². The minimum absolute atomic E-state index is 0.00257. The van der Waals surface area contributed by atoms with E-state index >= 15 is 0 Å². The molecule has 1 unspecified atom stereocenters. The van der Waals surface area contributed by atoms with Crippen molar-refractivity contribution in [1.29, 1.82) is 0 Å². The van der Waals surface area contributed by atoms with Gasteiger partial charge < -0.3 is 15.5 Å². The Morgan fingerprint density at radius 2 is 1.95 bits per heavy atom. The molecule has 0 bridgehead atoms. The largest absolute Gasteiger partial charge is 0.417 e. The number of sulfone groups is 1. The molecule has 9 heteroatoms. The SMILES string of the molecule is CS(=O)(=O)c1ccc(NCC(O)CO)cc1C(F)(F)F. The molecule has 0 saturated carbocycles. The molecule has 20 heavy (non-hydrogen) atoms. The van der Waals surface area contributed by atoms with Gasteiger partial charge in [0.1, 0.15) is 0 Å². The summed E-state index contributed by atoms with van der Waals surface area (Å²) in [6.45, 7) is -0.702. The smallest absolute Gasteiger partial charge is 0.394 e. The van der Waals surface area contributed by atoms with Crippen LogP contribution in [0.2, 0.25) is 0 Å². The quantitative estimate of drug-likeness (QED) is 0.751. The molecule has 1 aromatic carbocycles. The van der Waals surface area contributed by atoms with Crippen molar-refractivity contribution >= 4 is 15.5 Å². The molecule has 0 amide bonds. The van der Waals surface area contributed by atoms with Crippen LogP contribution in [-0.2, 0) is 16.0 Å². The second kappa shape index (κ2) is 5.98. The van der Waals surface area contributed by atoms with Crippen molar-refractivity contribution in [3.05, 3.63) is 23.8 Å². The maximum Gasteiger partial charge on any atom is 0.417 e. The molecule has 1 atom stereocenters. The van der Waals surface area contributed by atoms with Gasteiger partial charge in [0.15, 0.2) is 9.84 Å². The lowest BCUT2D eigenvalue weighted by Gasteiger charge is -2.15. The number of hydrogen-bond donors (Lipinski definition) is 3. The van der Waals surface area contributed by atoms with Crippen LogP contribution in [0.3, 0.4) is 0 Å². The van der Waals surface area contributed by atoms with Crippen LogP contribution in [0.4, 0.5) is 18.9 Å². The lowest BCUT2D eigenvalue weighted by molar-refractivity contribution is -0.139. The van der Waals surface area contributed by atoms with Crippen LogP contribution < -0.4 is 5.32 Å². The summed E-state index contributed by atoms with van der Waals surface area (Å²) < 4.78 is 61.2. The first-order chi connectivity index (χ1) is 9.05. The van der Waals surface area contributed by atoms with E-state index in [0.717, 1.165) is 12.1 Å². The van der Waals surface area contributed by atoms with E-state index in [2.05, 4.69) is 5.32 Å². The maximum absolute atomic E-state index is 12.8. The minimum atomic E-state index is -4.81. The van der Waals surface area contributed by atoms with Gasteiger partial charge in [-0.25, -0.2) is 8.42 Å². The van der Waals surface area contributed by atoms with E-state index in [1.165, 1.54) is 0 Å². The fourth-order valence-electron chi connectivity index (χ4n) is 1.49. The van der Waals surface area contributed by atoms with Crippen LogP contribution in [0, 0.1) is 0 Å². The van der Waals surface area contributed by atoms with Gasteiger partial charge in [-0.1, -0.05) is 0 Å². The average Bonchev–Trinajstić information content (AvgIpc) is 2.33. The summed E-state index contributed by atoms with van der Waals surface area (Å²) >= 11 is 0. The van der Waals surface area contributed by atoms with Crippen LogP contribution in [0.15, 0.2) is 23.1 Å². The Labute approximate surface area is 114 Å². The fourth-order valence-corrected chi connectivity index (χ4v) is 2.37. The zero-order valence-corrected chi connectivity index (χ0v) is 11.3. The van der Waals surface area contributed by atoms with Crippen LogP contribution in [0.25, 0.3) is 0 Å². The van der Waals surface area contributed by atoms with E-state index in [0.29, 0.717) is 12.3 Å². The van der Waals surface area contributed by atoms with Gasteiger partial charge in [-0.3, -0.25) is 0 Å². The van der Waals surface area contributed by atoms with Crippen molar-refractivity contribution in [2.75, 3.05) is 24.7 Å². The van der Waals surface area contributed by atoms with Gasteiger partial charge in [-0.05, 0) is 18.2 Å². The number of aliphatic hydroxyl groups is 2.